The van der Waals surface area contributed by atoms with Gasteiger partial charge in [-0.3, -0.25) is 4.79 Å². The minimum Gasteiger partial charge on any atom is -0.354 e. The summed E-state index contributed by atoms with van der Waals surface area (Å²) >= 11 is 0. The van der Waals surface area contributed by atoms with Crippen molar-refractivity contribution < 1.29 is 17.7 Å². The second kappa shape index (κ2) is 9.50. The zero-order valence-electron chi connectivity index (χ0n) is 17.7. The predicted octanol–water partition coefficient (Wildman–Crippen LogP) is 4.02. The molecule has 1 aromatic heterocycles. The van der Waals surface area contributed by atoms with E-state index in [0.29, 0.717) is 30.1 Å². The van der Waals surface area contributed by atoms with Gasteiger partial charge in [0, 0.05) is 12.5 Å². The van der Waals surface area contributed by atoms with E-state index < -0.39 is 10.0 Å². The van der Waals surface area contributed by atoms with Gasteiger partial charge in [-0.25, -0.2) is 13.1 Å². The maximum atomic E-state index is 12.5. The van der Waals surface area contributed by atoms with Gasteiger partial charge in [0.15, 0.2) is 5.76 Å². The number of nitrogens with zero attached hydrogens (tertiary/aromatic N) is 1. The van der Waals surface area contributed by atoms with Crippen molar-refractivity contribution in [2.24, 2.45) is 5.92 Å². The van der Waals surface area contributed by atoms with Crippen LogP contribution in [0.3, 0.4) is 0 Å². The summed E-state index contributed by atoms with van der Waals surface area (Å²) in [5.74, 6) is 0.521. The Bertz CT molecular complexity index is 1210. The molecule has 166 valence electrons. The molecule has 7 nitrogen and oxygen atoms in total. The SMILES string of the molecule is Cc1noc(/C=C\c2ccc(S(=O)(=O)NCCc3ccccc3)cc2)c1NC(=O)C1CC1. The highest BCUT2D eigenvalue weighted by atomic mass is 32.2. The third kappa shape index (κ3) is 5.52. The number of carbonyl (C=O) groups excluding carboxylic acids is 1. The molecule has 1 heterocycles. The van der Waals surface area contributed by atoms with Crippen molar-refractivity contribution in [2.75, 3.05) is 11.9 Å². The van der Waals surface area contributed by atoms with Crippen molar-refractivity contribution in [3.05, 3.63) is 77.2 Å². The predicted molar refractivity (Wildman–Crippen MR) is 123 cm³/mol. The normalized spacial score (nSPS) is 14.0. The Labute approximate surface area is 187 Å². The van der Waals surface area contributed by atoms with Crippen molar-refractivity contribution in [1.29, 1.82) is 0 Å². The highest BCUT2D eigenvalue weighted by molar-refractivity contribution is 7.89. The quantitative estimate of drug-likeness (QED) is 0.512. The van der Waals surface area contributed by atoms with E-state index in [0.717, 1.165) is 24.0 Å². The first kappa shape index (κ1) is 22.0. The number of aromatic nitrogens is 1. The average molecular weight is 452 g/mol. The Kier molecular flexibility index (Phi) is 6.53. The Balaban J connectivity index is 1.38. The summed E-state index contributed by atoms with van der Waals surface area (Å²) in [5.41, 5.74) is 3.05. The molecular weight excluding hydrogens is 426 g/mol. The second-order valence-electron chi connectivity index (χ2n) is 7.81. The largest absolute Gasteiger partial charge is 0.354 e. The lowest BCUT2D eigenvalue weighted by molar-refractivity contribution is -0.117. The van der Waals surface area contributed by atoms with Crippen LogP contribution in [0, 0.1) is 12.8 Å². The molecule has 1 saturated carbocycles. The van der Waals surface area contributed by atoms with Crippen LogP contribution < -0.4 is 10.0 Å². The van der Waals surface area contributed by atoms with Gasteiger partial charge in [0.25, 0.3) is 0 Å². The summed E-state index contributed by atoms with van der Waals surface area (Å²) in [4.78, 5) is 12.3. The van der Waals surface area contributed by atoms with E-state index in [1.165, 1.54) is 0 Å². The summed E-state index contributed by atoms with van der Waals surface area (Å²) in [6.45, 7) is 2.10. The minimum absolute atomic E-state index is 0.0136. The number of hydrogen-bond donors (Lipinski definition) is 2. The fourth-order valence-corrected chi connectivity index (χ4v) is 4.24. The minimum atomic E-state index is -3.58. The van der Waals surface area contributed by atoms with Crippen LogP contribution in [0.2, 0.25) is 0 Å². The lowest BCUT2D eigenvalue weighted by Crippen LogP contribution is -2.25. The van der Waals surface area contributed by atoms with Gasteiger partial charge < -0.3 is 9.84 Å². The Hall–Kier alpha value is -3.23. The van der Waals surface area contributed by atoms with Crippen LogP contribution in [0.1, 0.15) is 35.4 Å². The van der Waals surface area contributed by atoms with Gasteiger partial charge >= 0.3 is 0 Å². The number of sulfonamides is 1. The highest BCUT2D eigenvalue weighted by Gasteiger charge is 2.30. The lowest BCUT2D eigenvalue weighted by Gasteiger charge is -2.07. The van der Waals surface area contributed by atoms with E-state index in [1.807, 2.05) is 30.3 Å². The molecule has 0 unspecified atom stereocenters. The van der Waals surface area contributed by atoms with Crippen LogP contribution >= 0.6 is 0 Å². The zero-order valence-corrected chi connectivity index (χ0v) is 18.6. The van der Waals surface area contributed by atoms with Gasteiger partial charge in [-0.15, -0.1) is 0 Å². The number of benzene rings is 2. The van der Waals surface area contributed by atoms with Crippen molar-refractivity contribution >= 4 is 33.8 Å². The first-order chi connectivity index (χ1) is 15.4. The summed E-state index contributed by atoms with van der Waals surface area (Å²) < 4.78 is 33.0. The van der Waals surface area contributed by atoms with Gasteiger partial charge in [0.1, 0.15) is 11.4 Å². The van der Waals surface area contributed by atoms with Crippen molar-refractivity contribution in [1.82, 2.24) is 9.88 Å². The van der Waals surface area contributed by atoms with Crippen molar-refractivity contribution in [2.45, 2.75) is 31.1 Å². The molecule has 0 radical (unpaired) electrons. The van der Waals surface area contributed by atoms with Gasteiger partial charge in [0.2, 0.25) is 15.9 Å². The molecule has 2 N–H and O–H groups in total. The average Bonchev–Trinajstić information content (AvgIpc) is 3.59. The Morgan fingerprint density at radius 2 is 1.81 bits per heavy atom. The van der Waals surface area contributed by atoms with Gasteiger partial charge in [0.05, 0.1) is 4.90 Å². The molecule has 1 amide bonds. The summed E-state index contributed by atoms with van der Waals surface area (Å²) in [7, 11) is -3.58. The van der Waals surface area contributed by atoms with Crippen LogP contribution in [0.25, 0.3) is 12.2 Å². The fourth-order valence-electron chi connectivity index (χ4n) is 3.21. The third-order valence-corrected chi connectivity index (χ3v) is 6.73. The number of rotatable bonds is 9. The molecular formula is C24H25N3O4S. The molecule has 0 saturated heterocycles. The number of carbonyl (C=O) groups is 1. The van der Waals surface area contributed by atoms with E-state index in [2.05, 4.69) is 15.2 Å². The topological polar surface area (TPSA) is 101 Å². The smallest absolute Gasteiger partial charge is 0.240 e. The van der Waals surface area contributed by atoms with Gasteiger partial charge in [-0.05, 0) is 55.5 Å². The first-order valence-electron chi connectivity index (χ1n) is 10.5. The van der Waals surface area contributed by atoms with Crippen LogP contribution in [0.5, 0.6) is 0 Å². The molecule has 0 atom stereocenters. The fraction of sp³-hybridized carbons (Fsp3) is 0.250. The molecule has 0 aliphatic heterocycles. The number of nitrogens with one attached hydrogen (secondary N) is 2. The number of aryl methyl sites for hydroxylation is 1. The molecule has 4 rings (SSSR count). The maximum absolute atomic E-state index is 12.5. The number of amides is 1. The summed E-state index contributed by atoms with van der Waals surface area (Å²) in [6.07, 6.45) is 5.95. The molecule has 0 bridgehead atoms. The summed E-state index contributed by atoms with van der Waals surface area (Å²) in [5, 5.41) is 6.81. The van der Waals surface area contributed by atoms with Crippen LogP contribution in [0.15, 0.2) is 64.0 Å². The molecule has 3 aromatic rings. The molecule has 1 aliphatic carbocycles. The molecule has 1 fully saturated rings. The van der Waals surface area contributed by atoms with Gasteiger partial charge in [-0.1, -0.05) is 53.7 Å². The van der Waals surface area contributed by atoms with Crippen LogP contribution in [-0.4, -0.2) is 26.0 Å². The lowest BCUT2D eigenvalue weighted by atomic mass is 10.2. The maximum Gasteiger partial charge on any atom is 0.240 e. The van der Waals surface area contributed by atoms with E-state index in [-0.39, 0.29) is 16.7 Å². The van der Waals surface area contributed by atoms with Crippen LogP contribution in [-0.2, 0) is 21.2 Å². The molecule has 8 heteroatoms. The monoisotopic (exact) mass is 451 g/mol. The second-order valence-corrected chi connectivity index (χ2v) is 9.57. The van der Waals surface area contributed by atoms with E-state index in [1.54, 1.807) is 43.3 Å². The Morgan fingerprint density at radius 3 is 2.50 bits per heavy atom. The third-order valence-electron chi connectivity index (χ3n) is 5.25. The number of anilines is 1. The molecule has 32 heavy (non-hydrogen) atoms. The summed E-state index contributed by atoms with van der Waals surface area (Å²) in [6, 6.07) is 16.3. The molecule has 1 aliphatic rings. The van der Waals surface area contributed by atoms with E-state index in [9.17, 15) is 13.2 Å². The zero-order chi connectivity index (χ0) is 22.6. The van der Waals surface area contributed by atoms with Crippen LogP contribution in [0.4, 0.5) is 5.69 Å². The van der Waals surface area contributed by atoms with Gasteiger partial charge in [-0.2, -0.15) is 0 Å². The Morgan fingerprint density at radius 1 is 1.09 bits per heavy atom. The van der Waals surface area contributed by atoms with Crippen molar-refractivity contribution in [3.63, 3.8) is 0 Å². The molecule has 2 aromatic carbocycles. The molecule has 0 spiro atoms. The van der Waals surface area contributed by atoms with Crippen molar-refractivity contribution in [3.8, 4) is 0 Å². The number of hydrogen-bond acceptors (Lipinski definition) is 5. The van der Waals surface area contributed by atoms with E-state index >= 15 is 0 Å². The highest BCUT2D eigenvalue weighted by Crippen LogP contribution is 2.32. The van der Waals surface area contributed by atoms with E-state index in [4.69, 9.17) is 4.52 Å². The standard InChI is InChI=1S/C24H25N3O4S/c1-17-23(26-24(28)20-10-11-20)22(31-27-17)14-9-19-7-12-21(13-8-19)32(29,30)25-16-15-18-5-3-2-4-6-18/h2-9,12-14,20,25H,10-11,15-16H2,1H3,(H,26,28)/b14-9-. The first-order valence-corrected chi connectivity index (χ1v) is 12.0.